The lowest BCUT2D eigenvalue weighted by Crippen LogP contribution is -1.89. The van der Waals surface area contributed by atoms with Crippen LogP contribution in [-0.4, -0.2) is 9.78 Å². The fourth-order valence-electron chi connectivity index (χ4n) is 1.32. The first-order valence-corrected chi connectivity index (χ1v) is 4.82. The van der Waals surface area contributed by atoms with Gasteiger partial charge in [0.05, 0.1) is 5.52 Å². The van der Waals surface area contributed by atoms with Crippen LogP contribution in [0.2, 0.25) is 0 Å². The van der Waals surface area contributed by atoms with Gasteiger partial charge in [0.15, 0.2) is 5.69 Å². The van der Waals surface area contributed by atoms with Gasteiger partial charge in [-0.15, -0.1) is 0 Å². The molecule has 64 valence electrons. The van der Waals surface area contributed by atoms with E-state index in [2.05, 4.69) is 33.8 Å². The molecule has 0 saturated carbocycles. The Morgan fingerprint density at radius 1 is 1.54 bits per heavy atom. The molecule has 0 spiro atoms. The second kappa shape index (κ2) is 3.00. The normalized spacial score (nSPS) is 10.2. The van der Waals surface area contributed by atoms with Crippen LogP contribution in [0.3, 0.4) is 0 Å². The predicted molar refractivity (Wildman–Crippen MR) is 58.1 cm³/mol. The molecule has 1 aromatic heterocycles. The summed E-state index contributed by atoms with van der Waals surface area (Å²) in [6.45, 7) is 0. The maximum atomic E-state index is 8.81. The summed E-state index contributed by atoms with van der Waals surface area (Å²) < 4.78 is 2.85. The van der Waals surface area contributed by atoms with Crippen molar-refractivity contribution in [3.8, 4) is 6.07 Å². The molecule has 0 aliphatic heterocycles. The Bertz CT molecular complexity index is 507. The zero-order valence-electron chi connectivity index (χ0n) is 6.95. The van der Waals surface area contributed by atoms with Crippen LogP contribution in [0.25, 0.3) is 10.9 Å². The van der Waals surface area contributed by atoms with E-state index in [1.165, 1.54) is 0 Å². The van der Waals surface area contributed by atoms with Crippen molar-refractivity contribution in [2.75, 3.05) is 0 Å². The monoisotopic (exact) mass is 283 g/mol. The Hall–Kier alpha value is -1.09. The van der Waals surface area contributed by atoms with Crippen molar-refractivity contribution in [3.05, 3.63) is 27.5 Å². The molecule has 0 aliphatic carbocycles. The average molecular weight is 283 g/mol. The van der Waals surface area contributed by atoms with Gasteiger partial charge in [-0.2, -0.15) is 10.4 Å². The molecule has 2 aromatic rings. The largest absolute Gasteiger partial charge is 0.267 e. The number of rotatable bonds is 0. The Kier molecular flexibility index (Phi) is 1.96. The summed E-state index contributed by atoms with van der Waals surface area (Å²) in [5.74, 6) is 0. The average Bonchev–Trinajstić information content (AvgIpc) is 2.42. The van der Waals surface area contributed by atoms with Gasteiger partial charge in [0.25, 0.3) is 0 Å². The summed E-state index contributed by atoms with van der Waals surface area (Å²) in [7, 11) is 1.84. The molecule has 0 radical (unpaired) electrons. The van der Waals surface area contributed by atoms with Crippen molar-refractivity contribution < 1.29 is 0 Å². The molecular weight excluding hydrogens is 277 g/mol. The highest BCUT2D eigenvalue weighted by Gasteiger charge is 2.06. The summed E-state index contributed by atoms with van der Waals surface area (Å²) in [5, 5.41) is 13.8. The van der Waals surface area contributed by atoms with E-state index in [1.54, 1.807) is 4.68 Å². The molecule has 0 saturated heterocycles. The summed E-state index contributed by atoms with van der Waals surface area (Å²) >= 11 is 2.22. The molecule has 2 rings (SSSR count). The van der Waals surface area contributed by atoms with Crippen molar-refractivity contribution >= 4 is 33.5 Å². The first-order chi connectivity index (χ1) is 6.22. The quantitative estimate of drug-likeness (QED) is 0.694. The van der Waals surface area contributed by atoms with E-state index in [0.717, 1.165) is 14.5 Å². The summed E-state index contributed by atoms with van der Waals surface area (Å²) in [6.07, 6.45) is 0. The number of aromatic nitrogens is 2. The number of nitriles is 1. The Morgan fingerprint density at radius 2 is 2.31 bits per heavy atom. The van der Waals surface area contributed by atoms with Gasteiger partial charge in [-0.3, -0.25) is 4.68 Å². The Labute approximate surface area is 89.1 Å². The smallest absolute Gasteiger partial charge is 0.170 e. The van der Waals surface area contributed by atoms with E-state index in [4.69, 9.17) is 5.26 Å². The molecule has 0 bridgehead atoms. The number of nitrogens with zero attached hydrogens (tertiary/aromatic N) is 3. The highest BCUT2D eigenvalue weighted by atomic mass is 127. The lowest BCUT2D eigenvalue weighted by Gasteiger charge is -1.92. The van der Waals surface area contributed by atoms with Crippen LogP contribution in [0.4, 0.5) is 0 Å². The second-order valence-corrected chi connectivity index (χ2v) is 3.99. The molecular formula is C9H6IN3. The SMILES string of the molecule is Cn1nc(C#N)c2cc(I)ccc21. The van der Waals surface area contributed by atoms with Crippen molar-refractivity contribution in [1.29, 1.82) is 5.26 Å². The zero-order valence-corrected chi connectivity index (χ0v) is 9.11. The minimum absolute atomic E-state index is 0.496. The number of benzene rings is 1. The van der Waals surface area contributed by atoms with Crippen molar-refractivity contribution in [1.82, 2.24) is 9.78 Å². The first-order valence-electron chi connectivity index (χ1n) is 3.75. The highest BCUT2D eigenvalue weighted by molar-refractivity contribution is 14.1. The van der Waals surface area contributed by atoms with Crippen molar-refractivity contribution in [3.63, 3.8) is 0 Å². The van der Waals surface area contributed by atoms with E-state index in [9.17, 15) is 0 Å². The van der Waals surface area contributed by atoms with Crippen LogP contribution in [-0.2, 0) is 7.05 Å². The lowest BCUT2D eigenvalue weighted by molar-refractivity contribution is 0.791. The molecule has 4 heteroatoms. The molecule has 0 amide bonds. The van der Waals surface area contributed by atoms with Gasteiger partial charge >= 0.3 is 0 Å². The number of hydrogen-bond acceptors (Lipinski definition) is 2. The third kappa shape index (κ3) is 1.29. The number of hydrogen-bond donors (Lipinski definition) is 0. The minimum atomic E-state index is 0.496. The molecule has 0 fully saturated rings. The fraction of sp³-hybridized carbons (Fsp3) is 0.111. The zero-order chi connectivity index (χ0) is 9.42. The minimum Gasteiger partial charge on any atom is -0.267 e. The molecule has 0 atom stereocenters. The van der Waals surface area contributed by atoms with Crippen LogP contribution >= 0.6 is 22.6 Å². The summed E-state index contributed by atoms with van der Waals surface area (Å²) in [4.78, 5) is 0. The predicted octanol–water partition coefficient (Wildman–Crippen LogP) is 2.05. The van der Waals surface area contributed by atoms with Gasteiger partial charge in [-0.25, -0.2) is 0 Å². The second-order valence-electron chi connectivity index (χ2n) is 2.75. The van der Waals surface area contributed by atoms with Crippen LogP contribution in [0, 0.1) is 14.9 Å². The third-order valence-corrected chi connectivity index (χ3v) is 2.59. The van der Waals surface area contributed by atoms with E-state index in [-0.39, 0.29) is 0 Å². The van der Waals surface area contributed by atoms with Gasteiger partial charge in [0, 0.05) is 16.0 Å². The Balaban J connectivity index is 2.91. The van der Waals surface area contributed by atoms with Crippen molar-refractivity contribution in [2.45, 2.75) is 0 Å². The molecule has 0 aliphatic rings. The molecule has 0 unspecified atom stereocenters. The van der Waals surface area contributed by atoms with Crippen molar-refractivity contribution in [2.24, 2.45) is 7.05 Å². The standard InChI is InChI=1S/C9H6IN3/c1-13-9-3-2-6(10)4-7(9)8(5-11)12-13/h2-4H,1H3. The maximum absolute atomic E-state index is 8.81. The van der Waals surface area contributed by atoms with Crippen LogP contribution in [0.1, 0.15) is 5.69 Å². The topological polar surface area (TPSA) is 41.6 Å². The van der Waals surface area contributed by atoms with Gasteiger partial charge in [0.1, 0.15) is 6.07 Å². The lowest BCUT2D eigenvalue weighted by atomic mass is 10.2. The number of aryl methyl sites for hydroxylation is 1. The van der Waals surface area contributed by atoms with Gasteiger partial charge in [-0.1, -0.05) is 0 Å². The molecule has 0 N–H and O–H groups in total. The Morgan fingerprint density at radius 3 is 3.00 bits per heavy atom. The van der Waals surface area contributed by atoms with Gasteiger partial charge in [-0.05, 0) is 40.8 Å². The fourth-order valence-corrected chi connectivity index (χ4v) is 1.81. The summed E-state index contributed by atoms with van der Waals surface area (Å²) in [6, 6.07) is 8.04. The summed E-state index contributed by atoms with van der Waals surface area (Å²) in [5.41, 5.74) is 1.49. The van der Waals surface area contributed by atoms with Crippen LogP contribution < -0.4 is 0 Å². The molecule has 13 heavy (non-hydrogen) atoms. The molecule has 1 heterocycles. The van der Waals surface area contributed by atoms with Gasteiger partial charge in [0.2, 0.25) is 0 Å². The first kappa shape index (κ1) is 8.51. The maximum Gasteiger partial charge on any atom is 0.170 e. The van der Waals surface area contributed by atoms with E-state index in [0.29, 0.717) is 5.69 Å². The van der Waals surface area contributed by atoms with Crippen LogP contribution in [0.5, 0.6) is 0 Å². The van der Waals surface area contributed by atoms with E-state index in [1.807, 2.05) is 25.2 Å². The highest BCUT2D eigenvalue weighted by Crippen LogP contribution is 2.19. The third-order valence-electron chi connectivity index (χ3n) is 1.92. The van der Waals surface area contributed by atoms with E-state index < -0.39 is 0 Å². The van der Waals surface area contributed by atoms with Crippen LogP contribution in [0.15, 0.2) is 18.2 Å². The number of halogens is 1. The van der Waals surface area contributed by atoms with Gasteiger partial charge < -0.3 is 0 Å². The van der Waals surface area contributed by atoms with E-state index >= 15 is 0 Å². The molecule has 3 nitrogen and oxygen atoms in total. The number of fused-ring (bicyclic) bond motifs is 1. The molecule has 1 aromatic carbocycles.